The van der Waals surface area contributed by atoms with E-state index in [4.69, 9.17) is 4.99 Å². The highest BCUT2D eigenvalue weighted by Crippen LogP contribution is 2.28. The number of para-hydroxylation sites is 1. The second kappa shape index (κ2) is 4.88. The van der Waals surface area contributed by atoms with Gasteiger partial charge < -0.3 is 4.90 Å². The van der Waals surface area contributed by atoms with Crippen LogP contribution in [0.15, 0.2) is 29.3 Å². The highest BCUT2D eigenvalue weighted by molar-refractivity contribution is 5.87. The van der Waals surface area contributed by atoms with Crippen molar-refractivity contribution in [1.29, 1.82) is 0 Å². The molecule has 0 aromatic heterocycles. The molecule has 2 aliphatic rings. The summed E-state index contributed by atoms with van der Waals surface area (Å²) < 4.78 is 0. The second-order valence-corrected chi connectivity index (χ2v) is 4.39. The Morgan fingerprint density at radius 3 is 2.88 bits per heavy atom. The van der Waals surface area contributed by atoms with Gasteiger partial charge in [-0.3, -0.25) is 0 Å². The molecule has 1 aromatic rings. The fourth-order valence-electron chi connectivity index (χ4n) is 2.44. The lowest BCUT2D eigenvalue weighted by Crippen LogP contribution is -2.32. The van der Waals surface area contributed by atoms with Gasteiger partial charge in [0.2, 0.25) is 0 Å². The average Bonchev–Trinajstić information content (AvgIpc) is 2.50. The van der Waals surface area contributed by atoms with Crippen LogP contribution in [0.2, 0.25) is 0 Å². The van der Waals surface area contributed by atoms with Crippen molar-refractivity contribution in [2.24, 2.45) is 4.99 Å². The monoisotopic (exact) mass is 236 g/mol. The maximum atomic E-state index is 4.77. The zero-order chi connectivity index (χ0) is 10.1. The first kappa shape index (κ1) is 11.5. The van der Waals surface area contributed by atoms with Crippen LogP contribution in [0.1, 0.15) is 31.2 Å². The number of rotatable bonds is 0. The number of amidine groups is 1. The van der Waals surface area contributed by atoms with Gasteiger partial charge >= 0.3 is 0 Å². The minimum atomic E-state index is 0. The van der Waals surface area contributed by atoms with Crippen molar-refractivity contribution in [3.63, 3.8) is 0 Å². The first-order valence-corrected chi connectivity index (χ1v) is 5.84. The molecular weight excluding hydrogens is 220 g/mol. The quantitative estimate of drug-likeness (QED) is 0.673. The number of hydrogen-bond donors (Lipinski definition) is 0. The Balaban J connectivity index is 0.000000963. The van der Waals surface area contributed by atoms with E-state index < -0.39 is 0 Å². The van der Waals surface area contributed by atoms with Crippen molar-refractivity contribution in [1.82, 2.24) is 4.90 Å². The summed E-state index contributed by atoms with van der Waals surface area (Å²) in [7, 11) is 0. The van der Waals surface area contributed by atoms with E-state index in [2.05, 4.69) is 29.2 Å². The molecule has 0 N–H and O–H groups in total. The summed E-state index contributed by atoms with van der Waals surface area (Å²) in [6.45, 7) is 2.25. The van der Waals surface area contributed by atoms with Gasteiger partial charge in [-0.05, 0) is 24.5 Å². The van der Waals surface area contributed by atoms with Gasteiger partial charge in [-0.1, -0.05) is 24.6 Å². The molecule has 3 heteroatoms. The number of benzene rings is 1. The average molecular weight is 237 g/mol. The number of aliphatic imine (C=N–C) groups is 1. The summed E-state index contributed by atoms with van der Waals surface area (Å²) in [5.41, 5.74) is 2.56. The van der Waals surface area contributed by atoms with Gasteiger partial charge in [0.25, 0.3) is 0 Å². The molecule has 0 unspecified atom stereocenters. The Morgan fingerprint density at radius 2 is 1.94 bits per heavy atom. The molecule has 0 aliphatic carbocycles. The highest BCUT2D eigenvalue weighted by Gasteiger charge is 2.20. The number of halogens is 1. The minimum Gasteiger partial charge on any atom is -0.356 e. The van der Waals surface area contributed by atoms with Crippen LogP contribution in [0.25, 0.3) is 0 Å². The van der Waals surface area contributed by atoms with E-state index >= 15 is 0 Å². The van der Waals surface area contributed by atoms with Gasteiger partial charge in [-0.25, -0.2) is 4.99 Å². The molecule has 0 spiro atoms. The number of fused-ring (bicyclic) bond motifs is 2. The molecule has 0 atom stereocenters. The van der Waals surface area contributed by atoms with E-state index in [1.54, 1.807) is 0 Å². The summed E-state index contributed by atoms with van der Waals surface area (Å²) in [6, 6.07) is 8.51. The maximum Gasteiger partial charge on any atom is 0.105 e. The Hall–Kier alpha value is -1.02. The Morgan fingerprint density at radius 1 is 1.06 bits per heavy atom. The first-order chi connectivity index (χ1) is 7.43. The Labute approximate surface area is 103 Å². The van der Waals surface area contributed by atoms with Crippen LogP contribution < -0.4 is 0 Å². The van der Waals surface area contributed by atoms with Crippen LogP contribution >= 0.6 is 12.4 Å². The molecule has 0 amide bonds. The lowest BCUT2D eigenvalue weighted by Gasteiger charge is -2.28. The maximum absolute atomic E-state index is 4.77. The third-order valence-electron chi connectivity index (χ3n) is 3.30. The lowest BCUT2D eigenvalue weighted by atomic mass is 10.1. The van der Waals surface area contributed by atoms with Crippen molar-refractivity contribution < 1.29 is 0 Å². The largest absolute Gasteiger partial charge is 0.356 e. The zero-order valence-corrected chi connectivity index (χ0v) is 10.2. The van der Waals surface area contributed by atoms with Gasteiger partial charge in [-0.15, -0.1) is 12.4 Å². The number of hydrogen-bond acceptors (Lipinski definition) is 2. The third-order valence-corrected chi connectivity index (χ3v) is 3.30. The van der Waals surface area contributed by atoms with Crippen molar-refractivity contribution in [3.8, 4) is 0 Å². The molecule has 0 saturated carbocycles. The molecule has 1 fully saturated rings. The second-order valence-electron chi connectivity index (χ2n) is 4.39. The normalized spacial score (nSPS) is 18.8. The van der Waals surface area contributed by atoms with Crippen LogP contribution in [0.5, 0.6) is 0 Å². The molecule has 2 nitrogen and oxygen atoms in total. The molecule has 0 radical (unpaired) electrons. The Kier molecular flexibility index (Phi) is 3.49. The topological polar surface area (TPSA) is 15.6 Å². The highest BCUT2D eigenvalue weighted by atomic mass is 35.5. The molecule has 16 heavy (non-hydrogen) atoms. The summed E-state index contributed by atoms with van der Waals surface area (Å²) >= 11 is 0. The fourth-order valence-corrected chi connectivity index (χ4v) is 2.44. The van der Waals surface area contributed by atoms with E-state index in [9.17, 15) is 0 Å². The van der Waals surface area contributed by atoms with Gasteiger partial charge in [0.15, 0.2) is 0 Å². The van der Waals surface area contributed by atoms with Crippen LogP contribution in [-0.4, -0.2) is 17.3 Å². The molecule has 1 aromatic carbocycles. The Bertz CT molecular complexity index is 401. The smallest absolute Gasteiger partial charge is 0.105 e. The summed E-state index contributed by atoms with van der Waals surface area (Å²) in [4.78, 5) is 7.22. The van der Waals surface area contributed by atoms with E-state index in [1.807, 2.05) is 0 Å². The minimum absolute atomic E-state index is 0. The third kappa shape index (κ3) is 2.07. The zero-order valence-electron chi connectivity index (χ0n) is 9.35. The molecular formula is C13H17ClN2. The predicted molar refractivity (Wildman–Crippen MR) is 69.7 cm³/mol. The summed E-state index contributed by atoms with van der Waals surface area (Å²) in [5, 5.41) is 0. The van der Waals surface area contributed by atoms with Crippen LogP contribution in [0, 0.1) is 0 Å². The number of nitrogens with zero attached hydrogens (tertiary/aromatic N) is 2. The molecule has 2 aliphatic heterocycles. The SMILES string of the molecule is Cl.c1ccc2c(c1)CN1CCCCCC1=N2. The van der Waals surface area contributed by atoms with Crippen molar-refractivity contribution in [2.75, 3.05) is 6.54 Å². The molecule has 3 rings (SSSR count). The molecule has 1 saturated heterocycles. The van der Waals surface area contributed by atoms with Gasteiger partial charge in [0.05, 0.1) is 5.69 Å². The van der Waals surface area contributed by atoms with Crippen molar-refractivity contribution in [2.45, 2.75) is 32.2 Å². The van der Waals surface area contributed by atoms with E-state index in [1.165, 1.54) is 42.9 Å². The van der Waals surface area contributed by atoms with Gasteiger partial charge in [-0.2, -0.15) is 0 Å². The molecule has 2 heterocycles. The van der Waals surface area contributed by atoms with Crippen molar-refractivity contribution >= 4 is 23.9 Å². The van der Waals surface area contributed by atoms with Crippen LogP contribution in [0.3, 0.4) is 0 Å². The molecule has 0 bridgehead atoms. The fraction of sp³-hybridized carbons (Fsp3) is 0.462. The first-order valence-electron chi connectivity index (χ1n) is 5.84. The van der Waals surface area contributed by atoms with E-state index in [0.29, 0.717) is 0 Å². The van der Waals surface area contributed by atoms with Crippen molar-refractivity contribution in [3.05, 3.63) is 29.8 Å². The summed E-state index contributed by atoms with van der Waals surface area (Å²) in [6.07, 6.45) is 5.14. The van der Waals surface area contributed by atoms with E-state index in [-0.39, 0.29) is 12.4 Å². The van der Waals surface area contributed by atoms with Crippen LogP contribution in [0.4, 0.5) is 5.69 Å². The summed E-state index contributed by atoms with van der Waals surface area (Å²) in [5.74, 6) is 1.31. The van der Waals surface area contributed by atoms with E-state index in [0.717, 1.165) is 13.0 Å². The van der Waals surface area contributed by atoms with Crippen LogP contribution in [-0.2, 0) is 6.54 Å². The molecule has 86 valence electrons. The predicted octanol–water partition coefficient (Wildman–Crippen LogP) is 3.53. The standard InChI is InChI=1S/C13H16N2.ClH/c1-2-8-13-14-12-7-4-3-6-11(12)10-15(13)9-5-1;/h3-4,6-7H,1-2,5,8-10H2;1H. The van der Waals surface area contributed by atoms with Gasteiger partial charge in [0, 0.05) is 19.5 Å². The lowest BCUT2D eigenvalue weighted by molar-refractivity contribution is 0.403. The van der Waals surface area contributed by atoms with Gasteiger partial charge in [0.1, 0.15) is 5.84 Å².